The van der Waals surface area contributed by atoms with Crippen LogP contribution in [0.4, 0.5) is 5.00 Å². The van der Waals surface area contributed by atoms with Gasteiger partial charge in [-0.3, -0.25) is 15.1 Å². The minimum absolute atomic E-state index is 0.0655. The monoisotopic (exact) mass is 303 g/mol. The number of hydrazone groups is 1. The Kier molecular flexibility index (Phi) is 3.85. The van der Waals surface area contributed by atoms with Crippen molar-refractivity contribution in [3.8, 4) is 0 Å². The molecule has 2 rings (SSSR count). The molecule has 2 heterocycles. The van der Waals surface area contributed by atoms with Gasteiger partial charge in [0.05, 0.1) is 35.2 Å². The molecule has 9 heteroatoms. The van der Waals surface area contributed by atoms with Gasteiger partial charge in [-0.25, -0.2) is 8.42 Å². The molecule has 1 aliphatic rings. The van der Waals surface area contributed by atoms with Crippen molar-refractivity contribution >= 4 is 32.4 Å². The minimum Gasteiger partial charge on any atom is -0.292 e. The van der Waals surface area contributed by atoms with Gasteiger partial charge in [0.2, 0.25) is 0 Å². The van der Waals surface area contributed by atoms with E-state index in [4.69, 9.17) is 0 Å². The average molecular weight is 303 g/mol. The van der Waals surface area contributed by atoms with Crippen molar-refractivity contribution in [2.45, 2.75) is 13.0 Å². The Hall–Kier alpha value is -1.48. The first-order valence-electron chi connectivity index (χ1n) is 5.61. The first-order valence-corrected chi connectivity index (χ1v) is 8.31. The molecular formula is C10H13N3O4S2. The van der Waals surface area contributed by atoms with Gasteiger partial charge in [-0.05, 0) is 6.92 Å². The number of hydrogen-bond acceptors (Lipinski definition) is 7. The van der Waals surface area contributed by atoms with Gasteiger partial charge in [0.1, 0.15) is 0 Å². The van der Waals surface area contributed by atoms with Crippen molar-refractivity contribution in [1.29, 1.82) is 0 Å². The van der Waals surface area contributed by atoms with Crippen LogP contribution in [0.1, 0.15) is 12.5 Å². The Morgan fingerprint density at radius 3 is 2.95 bits per heavy atom. The highest BCUT2D eigenvalue weighted by Gasteiger charge is 2.26. The van der Waals surface area contributed by atoms with Crippen LogP contribution in [0.3, 0.4) is 0 Å². The van der Waals surface area contributed by atoms with E-state index in [1.165, 1.54) is 12.3 Å². The van der Waals surface area contributed by atoms with E-state index in [9.17, 15) is 18.5 Å². The van der Waals surface area contributed by atoms with Crippen molar-refractivity contribution < 1.29 is 13.3 Å². The summed E-state index contributed by atoms with van der Waals surface area (Å²) in [7, 11) is -2.96. The first-order chi connectivity index (χ1) is 8.87. The van der Waals surface area contributed by atoms with Gasteiger partial charge in [0.15, 0.2) is 9.84 Å². The quantitative estimate of drug-likeness (QED) is 0.474. The Labute approximate surface area is 114 Å². The lowest BCUT2D eigenvalue weighted by Gasteiger charge is -2.30. The van der Waals surface area contributed by atoms with Gasteiger partial charge in [-0.1, -0.05) is 11.3 Å². The molecule has 104 valence electrons. The van der Waals surface area contributed by atoms with Gasteiger partial charge in [-0.15, -0.1) is 0 Å². The van der Waals surface area contributed by atoms with Crippen LogP contribution >= 0.6 is 11.3 Å². The lowest BCUT2D eigenvalue weighted by molar-refractivity contribution is -0.380. The molecule has 1 atom stereocenters. The average Bonchev–Trinajstić information content (AvgIpc) is 2.75. The van der Waals surface area contributed by atoms with E-state index in [0.29, 0.717) is 12.1 Å². The zero-order valence-electron chi connectivity index (χ0n) is 10.2. The highest BCUT2D eigenvalue weighted by molar-refractivity contribution is 7.91. The number of nitrogens with zero attached hydrogens (tertiary/aromatic N) is 3. The summed E-state index contributed by atoms with van der Waals surface area (Å²) in [5.41, 5.74) is 0.650. The lowest BCUT2D eigenvalue weighted by atomic mass is 10.3. The zero-order valence-corrected chi connectivity index (χ0v) is 11.9. The second-order valence-electron chi connectivity index (χ2n) is 4.35. The molecule has 19 heavy (non-hydrogen) atoms. The number of thiophene rings is 1. The number of sulfone groups is 1. The fourth-order valence-corrected chi connectivity index (χ4v) is 4.02. The Bertz CT molecular complexity index is 608. The third kappa shape index (κ3) is 3.51. The molecule has 1 fully saturated rings. The Balaban J connectivity index is 2.04. The largest absolute Gasteiger partial charge is 0.324 e. The fraction of sp³-hybridized carbons (Fsp3) is 0.500. The van der Waals surface area contributed by atoms with Crippen LogP contribution in [-0.4, -0.2) is 48.7 Å². The highest BCUT2D eigenvalue weighted by Crippen LogP contribution is 2.21. The molecular weight excluding hydrogens is 290 g/mol. The van der Waals surface area contributed by atoms with E-state index < -0.39 is 14.8 Å². The summed E-state index contributed by atoms with van der Waals surface area (Å²) < 4.78 is 22.8. The van der Waals surface area contributed by atoms with Crippen LogP contribution in [0.2, 0.25) is 0 Å². The van der Waals surface area contributed by atoms with Gasteiger partial charge < -0.3 is 0 Å². The topological polar surface area (TPSA) is 92.9 Å². The van der Waals surface area contributed by atoms with E-state index in [0.717, 1.165) is 11.3 Å². The number of nitro groups is 1. The predicted octanol–water partition coefficient (Wildman–Crippen LogP) is 1.11. The van der Waals surface area contributed by atoms with Crippen molar-refractivity contribution in [3.05, 3.63) is 27.1 Å². The third-order valence-corrected chi connectivity index (χ3v) is 5.47. The van der Waals surface area contributed by atoms with Gasteiger partial charge in [0, 0.05) is 17.0 Å². The molecule has 7 nitrogen and oxygen atoms in total. The standard InChI is InChI=1S/C10H13N3O4S2/c1-8-7-19(16,17)3-2-12(8)11-5-9-4-10(13(14)15)18-6-9/h4-6,8H,2-3,7H2,1H3/b11-5+. The van der Waals surface area contributed by atoms with Crippen LogP contribution in [0.25, 0.3) is 0 Å². The molecule has 0 saturated carbocycles. The molecule has 1 aromatic rings. The smallest absolute Gasteiger partial charge is 0.292 e. The van der Waals surface area contributed by atoms with E-state index in [-0.39, 0.29) is 22.5 Å². The molecule has 0 bridgehead atoms. The van der Waals surface area contributed by atoms with Crippen molar-refractivity contribution in [3.63, 3.8) is 0 Å². The van der Waals surface area contributed by atoms with Crippen LogP contribution in [0.5, 0.6) is 0 Å². The second-order valence-corrected chi connectivity index (χ2v) is 7.46. The van der Waals surface area contributed by atoms with Crippen molar-refractivity contribution in [1.82, 2.24) is 5.01 Å². The highest BCUT2D eigenvalue weighted by atomic mass is 32.2. The predicted molar refractivity (Wildman–Crippen MR) is 73.4 cm³/mol. The van der Waals surface area contributed by atoms with E-state index in [1.807, 2.05) is 0 Å². The van der Waals surface area contributed by atoms with Crippen LogP contribution in [0, 0.1) is 10.1 Å². The summed E-state index contributed by atoms with van der Waals surface area (Å²) in [4.78, 5) is 10.1. The van der Waals surface area contributed by atoms with E-state index in [2.05, 4.69) is 5.10 Å². The van der Waals surface area contributed by atoms with E-state index in [1.54, 1.807) is 17.3 Å². The maximum atomic E-state index is 11.4. The Morgan fingerprint density at radius 2 is 2.37 bits per heavy atom. The maximum Gasteiger partial charge on any atom is 0.324 e. The van der Waals surface area contributed by atoms with Gasteiger partial charge in [-0.2, -0.15) is 5.10 Å². The molecule has 0 radical (unpaired) electrons. The minimum atomic E-state index is -2.96. The van der Waals surface area contributed by atoms with Crippen LogP contribution in [0.15, 0.2) is 16.5 Å². The SMILES string of the molecule is CC1CS(=O)(=O)CCN1/N=C/c1csc([N+](=O)[O-])c1. The molecule has 0 spiro atoms. The lowest BCUT2D eigenvalue weighted by Crippen LogP contribution is -2.43. The third-order valence-electron chi connectivity index (χ3n) is 2.78. The fourth-order valence-electron chi connectivity index (χ4n) is 1.80. The van der Waals surface area contributed by atoms with Gasteiger partial charge >= 0.3 is 5.00 Å². The summed E-state index contributed by atoms with van der Waals surface area (Å²) in [5.74, 6) is 0.187. The summed E-state index contributed by atoms with van der Waals surface area (Å²) >= 11 is 1.04. The van der Waals surface area contributed by atoms with Crippen LogP contribution < -0.4 is 0 Å². The second kappa shape index (κ2) is 5.25. The molecule has 0 amide bonds. The summed E-state index contributed by atoms with van der Waals surface area (Å²) in [6, 6.07) is 1.27. The summed E-state index contributed by atoms with van der Waals surface area (Å²) in [6.45, 7) is 2.15. The summed E-state index contributed by atoms with van der Waals surface area (Å²) in [5, 5.41) is 18.1. The number of rotatable bonds is 3. The summed E-state index contributed by atoms with van der Waals surface area (Å²) in [6.07, 6.45) is 1.53. The molecule has 0 aromatic carbocycles. The normalized spacial score (nSPS) is 22.8. The number of hydrogen-bond donors (Lipinski definition) is 0. The maximum absolute atomic E-state index is 11.4. The van der Waals surface area contributed by atoms with Crippen LogP contribution in [-0.2, 0) is 9.84 Å². The van der Waals surface area contributed by atoms with Crippen molar-refractivity contribution in [2.75, 3.05) is 18.1 Å². The molecule has 0 N–H and O–H groups in total. The molecule has 1 aromatic heterocycles. The Morgan fingerprint density at radius 1 is 1.63 bits per heavy atom. The molecule has 1 aliphatic heterocycles. The molecule has 1 saturated heterocycles. The van der Waals surface area contributed by atoms with Crippen molar-refractivity contribution in [2.24, 2.45) is 5.10 Å². The molecule has 1 unspecified atom stereocenters. The first kappa shape index (κ1) is 13.9. The van der Waals surface area contributed by atoms with Gasteiger partial charge in [0.25, 0.3) is 0 Å². The van der Waals surface area contributed by atoms with E-state index >= 15 is 0 Å². The zero-order chi connectivity index (χ0) is 14.0. The molecule has 0 aliphatic carbocycles.